The molecule has 2 atom stereocenters. The Kier molecular flexibility index (Phi) is 5.50. The summed E-state index contributed by atoms with van der Waals surface area (Å²) in [6, 6.07) is 3.96. The molecule has 0 radical (unpaired) electrons. The van der Waals surface area contributed by atoms with Crippen LogP contribution < -0.4 is 4.90 Å². The number of likely N-dealkylation sites (tertiary alicyclic amines) is 1. The van der Waals surface area contributed by atoms with Crippen molar-refractivity contribution >= 4 is 39.1 Å². The Morgan fingerprint density at radius 2 is 1.76 bits per heavy atom. The molecule has 4 rings (SSSR count). The molecule has 3 fully saturated rings. The minimum absolute atomic E-state index is 0.0778. The Morgan fingerprint density at radius 1 is 1.10 bits per heavy atom. The van der Waals surface area contributed by atoms with Gasteiger partial charge in [-0.05, 0) is 37.5 Å². The fourth-order valence-electron chi connectivity index (χ4n) is 4.56. The predicted molar refractivity (Wildman–Crippen MR) is 112 cm³/mol. The summed E-state index contributed by atoms with van der Waals surface area (Å²) < 4.78 is 24.7. The minimum Gasteiger partial charge on any atom is -0.341 e. The molecule has 3 saturated heterocycles. The molecule has 0 spiro atoms. The number of benzene rings is 1. The van der Waals surface area contributed by atoms with Gasteiger partial charge in [-0.15, -0.1) is 0 Å². The number of hydrogen-bond donors (Lipinski definition) is 0. The first-order chi connectivity index (χ1) is 13.8. The predicted octanol–water partition coefficient (Wildman–Crippen LogP) is 2.46. The van der Waals surface area contributed by atoms with E-state index in [1.54, 1.807) is 12.1 Å². The Morgan fingerprint density at radius 3 is 2.41 bits per heavy atom. The van der Waals surface area contributed by atoms with Crippen LogP contribution in [0, 0.1) is 6.92 Å². The third-order valence-corrected chi connectivity index (χ3v) is 8.28. The molecule has 0 unspecified atom stereocenters. The number of aryl methyl sites for hydroxylation is 1. The quantitative estimate of drug-likeness (QED) is 0.678. The summed E-state index contributed by atoms with van der Waals surface area (Å²) in [5.41, 5.74) is 1.45. The molecule has 9 heteroatoms. The summed E-state index contributed by atoms with van der Waals surface area (Å²) >= 11 is 6.25. The first kappa shape index (κ1) is 20.5. The van der Waals surface area contributed by atoms with Crippen molar-refractivity contribution in [1.29, 1.82) is 0 Å². The topological polar surface area (TPSA) is 78.0 Å². The lowest BCUT2D eigenvalue weighted by molar-refractivity contribution is -0.131. The van der Waals surface area contributed by atoms with E-state index < -0.39 is 21.9 Å². The van der Waals surface area contributed by atoms with Crippen molar-refractivity contribution in [2.24, 2.45) is 0 Å². The number of urea groups is 1. The van der Waals surface area contributed by atoms with Crippen LogP contribution in [0.25, 0.3) is 0 Å². The van der Waals surface area contributed by atoms with Gasteiger partial charge in [-0.3, -0.25) is 9.69 Å². The van der Waals surface area contributed by atoms with Crippen LogP contribution in [0.1, 0.15) is 31.2 Å². The number of fused-ring (bicyclic) bond motifs is 1. The lowest BCUT2D eigenvalue weighted by atomic mass is 10.1. The second kappa shape index (κ2) is 7.80. The third kappa shape index (κ3) is 3.97. The van der Waals surface area contributed by atoms with Gasteiger partial charge in [0.05, 0.1) is 23.6 Å². The number of nitrogens with zero attached hydrogens (tertiary/aromatic N) is 3. The van der Waals surface area contributed by atoms with Crippen molar-refractivity contribution in [3.63, 3.8) is 0 Å². The van der Waals surface area contributed by atoms with Crippen LogP contribution in [-0.2, 0) is 14.6 Å². The molecule has 3 aliphatic heterocycles. The number of sulfone groups is 1. The Hall–Kier alpha value is -1.80. The van der Waals surface area contributed by atoms with Crippen LogP contribution >= 0.6 is 11.6 Å². The van der Waals surface area contributed by atoms with Crippen molar-refractivity contribution in [2.45, 2.75) is 44.7 Å². The van der Waals surface area contributed by atoms with Gasteiger partial charge in [-0.2, -0.15) is 0 Å². The minimum atomic E-state index is -3.28. The number of hydrogen-bond acceptors (Lipinski definition) is 4. The standard InChI is InChI=1S/C20H26ClN3O4S/c1-14-6-7-15(10-16(14)21)24-18-13-29(27,28)12-17(18)23(20(24)26)11-19(25)22-8-4-2-3-5-9-22/h6-7,10,17-18H,2-5,8-9,11-13H2,1H3/t17-,18+/m1/s1. The highest BCUT2D eigenvalue weighted by molar-refractivity contribution is 7.91. The van der Waals surface area contributed by atoms with Gasteiger partial charge in [0.15, 0.2) is 9.84 Å². The molecule has 3 aliphatic rings. The van der Waals surface area contributed by atoms with Crippen molar-refractivity contribution in [3.05, 3.63) is 28.8 Å². The summed E-state index contributed by atoms with van der Waals surface area (Å²) in [6.45, 7) is 3.19. The fourth-order valence-corrected chi connectivity index (χ4v) is 6.69. The average molecular weight is 440 g/mol. The molecular formula is C20H26ClN3O4S. The molecule has 3 heterocycles. The molecule has 0 aromatic heterocycles. The third-order valence-electron chi connectivity index (χ3n) is 6.18. The van der Waals surface area contributed by atoms with Gasteiger partial charge in [-0.1, -0.05) is 30.5 Å². The van der Waals surface area contributed by atoms with E-state index in [9.17, 15) is 18.0 Å². The summed E-state index contributed by atoms with van der Waals surface area (Å²) in [7, 11) is -3.28. The zero-order valence-electron chi connectivity index (χ0n) is 16.5. The molecular weight excluding hydrogens is 414 g/mol. The molecule has 7 nitrogen and oxygen atoms in total. The Bertz CT molecular complexity index is 928. The van der Waals surface area contributed by atoms with Crippen molar-refractivity contribution in [3.8, 4) is 0 Å². The summed E-state index contributed by atoms with van der Waals surface area (Å²) in [4.78, 5) is 30.9. The number of carbonyl (C=O) groups is 2. The highest BCUT2D eigenvalue weighted by atomic mass is 35.5. The van der Waals surface area contributed by atoms with Crippen molar-refractivity contribution in [2.75, 3.05) is 36.0 Å². The normalized spacial score (nSPS) is 26.6. The van der Waals surface area contributed by atoms with E-state index in [1.165, 1.54) is 9.80 Å². The highest BCUT2D eigenvalue weighted by Crippen LogP contribution is 2.36. The van der Waals surface area contributed by atoms with Gasteiger partial charge in [0.25, 0.3) is 0 Å². The van der Waals surface area contributed by atoms with E-state index in [0.29, 0.717) is 23.8 Å². The largest absolute Gasteiger partial charge is 0.341 e. The molecule has 0 N–H and O–H groups in total. The number of carbonyl (C=O) groups excluding carboxylic acids is 2. The smallest absolute Gasteiger partial charge is 0.325 e. The Balaban J connectivity index is 1.61. The average Bonchev–Trinajstić information content (AvgIpc) is 2.95. The van der Waals surface area contributed by atoms with Gasteiger partial charge in [0, 0.05) is 23.8 Å². The second-order valence-corrected chi connectivity index (χ2v) is 10.8. The van der Waals surface area contributed by atoms with Gasteiger partial charge in [0.2, 0.25) is 5.91 Å². The maximum atomic E-state index is 13.3. The van der Waals surface area contributed by atoms with E-state index in [0.717, 1.165) is 31.2 Å². The number of amides is 3. The van der Waals surface area contributed by atoms with Crippen LogP contribution in [0.3, 0.4) is 0 Å². The van der Waals surface area contributed by atoms with E-state index in [-0.39, 0.29) is 30.0 Å². The van der Waals surface area contributed by atoms with Gasteiger partial charge < -0.3 is 9.80 Å². The molecule has 0 aliphatic carbocycles. The maximum absolute atomic E-state index is 13.3. The van der Waals surface area contributed by atoms with Gasteiger partial charge >= 0.3 is 6.03 Å². The Labute approximate surface area is 176 Å². The van der Waals surface area contributed by atoms with Crippen molar-refractivity contribution in [1.82, 2.24) is 9.80 Å². The van der Waals surface area contributed by atoms with E-state index in [2.05, 4.69) is 0 Å². The van der Waals surface area contributed by atoms with E-state index in [4.69, 9.17) is 11.6 Å². The summed E-state index contributed by atoms with van der Waals surface area (Å²) in [6.07, 6.45) is 4.15. The van der Waals surface area contributed by atoms with E-state index in [1.807, 2.05) is 17.9 Å². The van der Waals surface area contributed by atoms with Crippen molar-refractivity contribution < 1.29 is 18.0 Å². The monoisotopic (exact) mass is 439 g/mol. The molecule has 0 bridgehead atoms. The number of rotatable bonds is 3. The molecule has 158 valence electrons. The van der Waals surface area contributed by atoms with Crippen LogP contribution in [0.4, 0.5) is 10.5 Å². The highest BCUT2D eigenvalue weighted by Gasteiger charge is 2.54. The maximum Gasteiger partial charge on any atom is 0.325 e. The first-order valence-electron chi connectivity index (χ1n) is 10.1. The lowest BCUT2D eigenvalue weighted by Gasteiger charge is -2.26. The molecule has 3 amide bonds. The molecule has 1 aromatic rings. The molecule has 0 saturated carbocycles. The summed E-state index contributed by atoms with van der Waals surface area (Å²) in [5.74, 6) is -0.303. The van der Waals surface area contributed by atoms with Crippen LogP contribution in [0.5, 0.6) is 0 Å². The summed E-state index contributed by atoms with van der Waals surface area (Å²) in [5, 5.41) is 0.520. The fraction of sp³-hybridized carbons (Fsp3) is 0.600. The van der Waals surface area contributed by atoms with Crippen LogP contribution in [-0.4, -0.2) is 73.4 Å². The molecule has 1 aromatic carbocycles. The van der Waals surface area contributed by atoms with Gasteiger partial charge in [-0.25, -0.2) is 13.2 Å². The number of halogens is 1. The SMILES string of the molecule is Cc1ccc(N2C(=O)N(CC(=O)N3CCCCCC3)[C@@H]3CS(=O)(=O)C[C@@H]32)cc1Cl. The first-order valence-corrected chi connectivity index (χ1v) is 12.3. The van der Waals surface area contributed by atoms with Crippen LogP contribution in [0.15, 0.2) is 18.2 Å². The van der Waals surface area contributed by atoms with Crippen LogP contribution in [0.2, 0.25) is 5.02 Å². The lowest BCUT2D eigenvalue weighted by Crippen LogP contribution is -2.46. The molecule has 29 heavy (non-hydrogen) atoms. The zero-order chi connectivity index (χ0) is 20.8. The number of anilines is 1. The van der Waals surface area contributed by atoms with E-state index >= 15 is 0 Å². The van der Waals surface area contributed by atoms with Gasteiger partial charge in [0.1, 0.15) is 6.54 Å². The zero-order valence-corrected chi connectivity index (χ0v) is 18.1. The second-order valence-electron chi connectivity index (χ2n) is 8.22.